The van der Waals surface area contributed by atoms with Crippen LogP contribution in [0, 0.1) is 0 Å². The summed E-state index contributed by atoms with van der Waals surface area (Å²) in [6, 6.07) is 15.1. The number of nitrogens with one attached hydrogen (secondary N) is 2. The minimum absolute atomic E-state index is 0.0459. The molecule has 1 atom stereocenters. The first-order valence-electron chi connectivity index (χ1n) is 8.90. The van der Waals surface area contributed by atoms with Gasteiger partial charge in [0, 0.05) is 41.9 Å². The maximum absolute atomic E-state index is 12.1. The molecule has 2 aromatic carbocycles. The number of aliphatic hydroxyl groups excluding tert-OH is 1. The van der Waals surface area contributed by atoms with Gasteiger partial charge in [-0.1, -0.05) is 43.3 Å². The van der Waals surface area contributed by atoms with Crippen LogP contribution >= 0.6 is 0 Å². The molecule has 3 rings (SSSR count). The summed E-state index contributed by atoms with van der Waals surface area (Å²) < 4.78 is 1.92. The topological polar surface area (TPSA) is 83.4 Å². The number of hydrogen-bond acceptors (Lipinski definition) is 3. The van der Waals surface area contributed by atoms with Crippen molar-refractivity contribution >= 4 is 28.4 Å². The number of carbonyl (C=O) groups excluding carboxylic acids is 2. The van der Waals surface area contributed by atoms with Gasteiger partial charge in [-0.05, 0) is 24.1 Å². The first-order valence-corrected chi connectivity index (χ1v) is 8.90. The van der Waals surface area contributed by atoms with Gasteiger partial charge in [-0.2, -0.15) is 0 Å². The second-order valence-corrected chi connectivity index (χ2v) is 6.40. The molecule has 0 aliphatic heterocycles. The molecule has 27 heavy (non-hydrogen) atoms. The van der Waals surface area contributed by atoms with Crippen LogP contribution in [0.2, 0.25) is 0 Å². The molecule has 0 aliphatic rings. The van der Waals surface area contributed by atoms with Crippen molar-refractivity contribution in [2.45, 2.75) is 19.4 Å². The van der Waals surface area contributed by atoms with Gasteiger partial charge in [0.25, 0.3) is 0 Å². The van der Waals surface area contributed by atoms with Crippen molar-refractivity contribution in [2.24, 2.45) is 7.05 Å². The maximum atomic E-state index is 12.1. The fourth-order valence-electron chi connectivity index (χ4n) is 3.15. The Morgan fingerprint density at radius 3 is 2.56 bits per heavy atom. The van der Waals surface area contributed by atoms with Crippen molar-refractivity contribution in [3.63, 3.8) is 0 Å². The molecule has 0 radical (unpaired) electrons. The SMILES string of the molecule is CCc1ccccc1NC(=O)C(=O)NCC(O)c1cn(C)c2ccccc12. The molecule has 1 unspecified atom stereocenters. The van der Waals surface area contributed by atoms with Crippen molar-refractivity contribution in [2.75, 3.05) is 11.9 Å². The van der Waals surface area contributed by atoms with Crippen LogP contribution in [0.5, 0.6) is 0 Å². The van der Waals surface area contributed by atoms with Gasteiger partial charge in [0.1, 0.15) is 0 Å². The van der Waals surface area contributed by atoms with Gasteiger partial charge in [0.15, 0.2) is 0 Å². The minimum Gasteiger partial charge on any atom is -0.386 e. The molecule has 3 N–H and O–H groups in total. The minimum atomic E-state index is -0.907. The fraction of sp³-hybridized carbons (Fsp3) is 0.238. The number of fused-ring (bicyclic) bond motifs is 1. The molecule has 3 aromatic rings. The highest BCUT2D eigenvalue weighted by Crippen LogP contribution is 2.25. The third kappa shape index (κ3) is 4.01. The largest absolute Gasteiger partial charge is 0.386 e. The van der Waals surface area contributed by atoms with Crippen LogP contribution in [-0.2, 0) is 23.1 Å². The zero-order valence-corrected chi connectivity index (χ0v) is 15.4. The number of para-hydroxylation sites is 2. The monoisotopic (exact) mass is 365 g/mol. The Kier molecular flexibility index (Phi) is 5.57. The molecular formula is C21H23N3O3. The van der Waals surface area contributed by atoms with Gasteiger partial charge < -0.3 is 20.3 Å². The summed E-state index contributed by atoms with van der Waals surface area (Å²) in [5.74, 6) is -1.53. The molecule has 0 bridgehead atoms. The standard InChI is InChI=1S/C21H23N3O3/c1-3-14-8-4-6-10-17(14)23-21(27)20(26)22-12-19(25)16-13-24(2)18-11-7-5-9-15(16)18/h4-11,13,19,25H,3,12H2,1-2H3,(H,22,26)(H,23,27). The number of nitrogens with zero attached hydrogens (tertiary/aromatic N) is 1. The number of aromatic nitrogens is 1. The molecule has 2 amide bonds. The average molecular weight is 365 g/mol. The lowest BCUT2D eigenvalue weighted by Gasteiger charge is -2.12. The summed E-state index contributed by atoms with van der Waals surface area (Å²) >= 11 is 0. The van der Waals surface area contributed by atoms with Gasteiger partial charge in [0.2, 0.25) is 0 Å². The second kappa shape index (κ2) is 8.05. The van der Waals surface area contributed by atoms with Gasteiger partial charge in [-0.3, -0.25) is 9.59 Å². The third-order valence-corrected chi connectivity index (χ3v) is 4.60. The van der Waals surface area contributed by atoms with E-state index in [0.717, 1.165) is 22.9 Å². The van der Waals surface area contributed by atoms with E-state index in [0.29, 0.717) is 11.3 Å². The number of amides is 2. The zero-order chi connectivity index (χ0) is 19.4. The number of aliphatic hydroxyl groups is 1. The Morgan fingerprint density at radius 1 is 1.07 bits per heavy atom. The fourth-order valence-corrected chi connectivity index (χ4v) is 3.15. The molecular weight excluding hydrogens is 342 g/mol. The molecule has 0 spiro atoms. The zero-order valence-electron chi connectivity index (χ0n) is 15.4. The van der Waals surface area contributed by atoms with Gasteiger partial charge in [-0.15, -0.1) is 0 Å². The Bertz CT molecular complexity index is 978. The van der Waals surface area contributed by atoms with Crippen molar-refractivity contribution in [3.05, 3.63) is 65.9 Å². The van der Waals surface area contributed by atoms with Crippen molar-refractivity contribution in [3.8, 4) is 0 Å². The Labute approximate surface area is 157 Å². The number of carbonyl (C=O) groups is 2. The van der Waals surface area contributed by atoms with Gasteiger partial charge in [-0.25, -0.2) is 0 Å². The molecule has 0 saturated carbocycles. The van der Waals surface area contributed by atoms with E-state index in [-0.39, 0.29) is 6.54 Å². The van der Waals surface area contributed by atoms with Crippen LogP contribution in [-0.4, -0.2) is 28.0 Å². The van der Waals surface area contributed by atoms with E-state index < -0.39 is 17.9 Å². The normalized spacial score (nSPS) is 12.0. The maximum Gasteiger partial charge on any atom is 0.313 e. The van der Waals surface area contributed by atoms with Crippen LogP contribution in [0.1, 0.15) is 24.2 Å². The van der Waals surface area contributed by atoms with E-state index in [9.17, 15) is 14.7 Å². The third-order valence-electron chi connectivity index (χ3n) is 4.60. The number of aryl methyl sites for hydroxylation is 2. The van der Waals surface area contributed by atoms with E-state index in [1.807, 2.05) is 61.1 Å². The lowest BCUT2D eigenvalue weighted by molar-refractivity contribution is -0.136. The van der Waals surface area contributed by atoms with Crippen LogP contribution in [0.15, 0.2) is 54.7 Å². The summed E-state index contributed by atoms with van der Waals surface area (Å²) in [6.45, 7) is 1.93. The summed E-state index contributed by atoms with van der Waals surface area (Å²) in [5, 5.41) is 16.5. The molecule has 6 nitrogen and oxygen atoms in total. The lowest BCUT2D eigenvalue weighted by Crippen LogP contribution is -2.37. The molecule has 0 saturated heterocycles. The van der Waals surface area contributed by atoms with Crippen molar-refractivity contribution in [1.29, 1.82) is 0 Å². The highest BCUT2D eigenvalue weighted by Gasteiger charge is 2.19. The summed E-state index contributed by atoms with van der Waals surface area (Å²) in [4.78, 5) is 24.2. The number of anilines is 1. The molecule has 0 fully saturated rings. The lowest BCUT2D eigenvalue weighted by atomic mass is 10.1. The predicted octanol–water partition coefficient (Wildman–Crippen LogP) is 2.53. The summed E-state index contributed by atoms with van der Waals surface area (Å²) in [7, 11) is 1.90. The first kappa shape index (κ1) is 18.7. The van der Waals surface area contributed by atoms with E-state index >= 15 is 0 Å². The quantitative estimate of drug-likeness (QED) is 0.608. The van der Waals surface area contributed by atoms with Crippen LogP contribution in [0.3, 0.4) is 0 Å². The number of rotatable bonds is 5. The van der Waals surface area contributed by atoms with E-state index in [4.69, 9.17) is 0 Å². The van der Waals surface area contributed by atoms with Crippen molar-refractivity contribution < 1.29 is 14.7 Å². The predicted molar refractivity (Wildman–Crippen MR) is 105 cm³/mol. The second-order valence-electron chi connectivity index (χ2n) is 6.40. The van der Waals surface area contributed by atoms with Crippen LogP contribution < -0.4 is 10.6 Å². The van der Waals surface area contributed by atoms with Crippen LogP contribution in [0.4, 0.5) is 5.69 Å². The highest BCUT2D eigenvalue weighted by atomic mass is 16.3. The summed E-state index contributed by atoms with van der Waals surface area (Å²) in [5.41, 5.74) is 3.28. The van der Waals surface area contributed by atoms with Crippen molar-refractivity contribution in [1.82, 2.24) is 9.88 Å². The highest BCUT2D eigenvalue weighted by molar-refractivity contribution is 6.39. The smallest absolute Gasteiger partial charge is 0.313 e. The molecule has 140 valence electrons. The number of hydrogen-bond donors (Lipinski definition) is 3. The molecule has 6 heteroatoms. The number of benzene rings is 2. The van der Waals surface area contributed by atoms with E-state index in [1.54, 1.807) is 12.1 Å². The van der Waals surface area contributed by atoms with Gasteiger partial charge >= 0.3 is 11.8 Å². The Hall–Kier alpha value is -3.12. The summed E-state index contributed by atoms with van der Waals surface area (Å²) in [6.07, 6.45) is 1.67. The Balaban J connectivity index is 1.63. The molecule has 1 heterocycles. The van der Waals surface area contributed by atoms with E-state index in [2.05, 4.69) is 10.6 Å². The molecule has 0 aliphatic carbocycles. The average Bonchev–Trinajstić information content (AvgIpc) is 3.03. The molecule has 1 aromatic heterocycles. The van der Waals surface area contributed by atoms with E-state index in [1.165, 1.54) is 0 Å². The Morgan fingerprint density at radius 2 is 1.78 bits per heavy atom. The van der Waals surface area contributed by atoms with Crippen LogP contribution in [0.25, 0.3) is 10.9 Å². The van der Waals surface area contributed by atoms with Gasteiger partial charge in [0.05, 0.1) is 6.10 Å². The first-order chi connectivity index (χ1) is 13.0.